The molecule has 0 spiro atoms. The predicted octanol–water partition coefficient (Wildman–Crippen LogP) is 4.62. The zero-order valence-corrected chi connectivity index (χ0v) is 12.1. The van der Waals surface area contributed by atoms with Crippen molar-refractivity contribution in [1.29, 1.82) is 0 Å². The number of hydrogen-bond acceptors (Lipinski definition) is 3. The van der Waals surface area contributed by atoms with Gasteiger partial charge in [-0.15, -0.1) is 11.3 Å². The zero-order chi connectivity index (χ0) is 14.3. The average Bonchev–Trinajstić information content (AvgIpc) is 2.91. The van der Waals surface area contributed by atoms with Crippen LogP contribution in [0.15, 0.2) is 35.7 Å². The van der Waals surface area contributed by atoms with Gasteiger partial charge in [0.25, 0.3) is 0 Å². The molecule has 0 saturated heterocycles. The minimum absolute atomic E-state index is 0.265. The van der Waals surface area contributed by atoms with Crippen molar-refractivity contribution in [3.05, 3.63) is 51.9 Å². The molecular formula is C15H10ClNO2S. The van der Waals surface area contributed by atoms with Gasteiger partial charge in [-0.2, -0.15) is 0 Å². The summed E-state index contributed by atoms with van der Waals surface area (Å²) in [5, 5.41) is 12.5. The fourth-order valence-corrected chi connectivity index (χ4v) is 3.20. The first-order chi connectivity index (χ1) is 9.58. The summed E-state index contributed by atoms with van der Waals surface area (Å²) in [4.78, 5) is 17.2. The van der Waals surface area contributed by atoms with E-state index in [1.165, 1.54) is 0 Å². The summed E-state index contributed by atoms with van der Waals surface area (Å²) in [5.74, 6) is -0.963. The number of aromatic nitrogens is 1. The number of carbonyl (C=O) groups is 1. The molecule has 0 bridgehead atoms. The Morgan fingerprint density at radius 1 is 1.35 bits per heavy atom. The molecule has 2 heterocycles. The SMILES string of the molecule is Cc1c(-c2cccs2)nc2ccc(Cl)cc2c1C(=O)O. The number of aromatic carboxylic acids is 1. The maximum absolute atomic E-state index is 11.6. The summed E-state index contributed by atoms with van der Waals surface area (Å²) in [6.07, 6.45) is 0. The van der Waals surface area contributed by atoms with E-state index in [1.807, 2.05) is 17.5 Å². The molecule has 1 aromatic carbocycles. The topological polar surface area (TPSA) is 50.2 Å². The van der Waals surface area contributed by atoms with Crippen LogP contribution in [0.2, 0.25) is 5.02 Å². The first-order valence-electron chi connectivity index (χ1n) is 5.95. The van der Waals surface area contributed by atoms with Crippen LogP contribution in [-0.4, -0.2) is 16.1 Å². The van der Waals surface area contributed by atoms with Crippen LogP contribution in [-0.2, 0) is 0 Å². The Hall–Kier alpha value is -1.91. The number of halogens is 1. The average molecular weight is 304 g/mol. The van der Waals surface area contributed by atoms with Crippen molar-refractivity contribution in [2.45, 2.75) is 6.92 Å². The van der Waals surface area contributed by atoms with E-state index in [4.69, 9.17) is 11.6 Å². The summed E-state index contributed by atoms with van der Waals surface area (Å²) in [6.45, 7) is 1.78. The maximum Gasteiger partial charge on any atom is 0.336 e. The minimum atomic E-state index is -0.963. The van der Waals surface area contributed by atoms with Crippen molar-refractivity contribution >= 4 is 39.8 Å². The Bertz CT molecular complexity index is 812. The molecule has 3 rings (SSSR count). The molecular weight excluding hydrogens is 294 g/mol. The van der Waals surface area contributed by atoms with Crippen LogP contribution in [0.1, 0.15) is 15.9 Å². The molecule has 100 valence electrons. The van der Waals surface area contributed by atoms with Crippen LogP contribution in [0.5, 0.6) is 0 Å². The smallest absolute Gasteiger partial charge is 0.336 e. The Morgan fingerprint density at radius 2 is 2.15 bits per heavy atom. The minimum Gasteiger partial charge on any atom is -0.478 e. The molecule has 0 saturated carbocycles. The van der Waals surface area contributed by atoms with Gasteiger partial charge in [0.05, 0.1) is 21.7 Å². The molecule has 0 unspecified atom stereocenters. The van der Waals surface area contributed by atoms with Crippen molar-refractivity contribution in [3.63, 3.8) is 0 Å². The largest absolute Gasteiger partial charge is 0.478 e. The standard InChI is InChI=1S/C15H10ClNO2S/c1-8-13(15(18)19)10-7-9(16)4-5-11(10)17-14(8)12-3-2-6-20-12/h2-7H,1H3,(H,18,19). The van der Waals surface area contributed by atoms with E-state index in [9.17, 15) is 9.90 Å². The maximum atomic E-state index is 11.6. The van der Waals surface area contributed by atoms with Crippen molar-refractivity contribution < 1.29 is 9.90 Å². The quantitative estimate of drug-likeness (QED) is 0.751. The van der Waals surface area contributed by atoms with Crippen molar-refractivity contribution in [2.75, 3.05) is 0 Å². The van der Waals surface area contributed by atoms with E-state index in [0.717, 1.165) is 4.88 Å². The fraction of sp³-hybridized carbons (Fsp3) is 0.0667. The third-order valence-corrected chi connectivity index (χ3v) is 4.27. The van der Waals surface area contributed by atoms with E-state index in [2.05, 4.69) is 4.98 Å². The number of hydrogen-bond donors (Lipinski definition) is 1. The molecule has 20 heavy (non-hydrogen) atoms. The molecule has 0 atom stereocenters. The normalized spacial score (nSPS) is 10.9. The number of carboxylic acid groups (broad SMARTS) is 1. The monoisotopic (exact) mass is 303 g/mol. The highest BCUT2D eigenvalue weighted by atomic mass is 35.5. The summed E-state index contributed by atoms with van der Waals surface area (Å²) in [6, 6.07) is 8.98. The number of pyridine rings is 1. The predicted molar refractivity (Wildman–Crippen MR) is 81.8 cm³/mol. The number of rotatable bonds is 2. The van der Waals surface area contributed by atoms with Gasteiger partial charge in [0.15, 0.2) is 0 Å². The second-order valence-electron chi connectivity index (χ2n) is 4.40. The van der Waals surface area contributed by atoms with Crippen molar-refractivity contribution in [1.82, 2.24) is 4.98 Å². The summed E-state index contributed by atoms with van der Waals surface area (Å²) < 4.78 is 0. The summed E-state index contributed by atoms with van der Waals surface area (Å²) in [7, 11) is 0. The Morgan fingerprint density at radius 3 is 2.80 bits per heavy atom. The van der Waals surface area contributed by atoms with Crippen LogP contribution in [0.3, 0.4) is 0 Å². The van der Waals surface area contributed by atoms with Gasteiger partial charge >= 0.3 is 5.97 Å². The van der Waals surface area contributed by atoms with Gasteiger partial charge < -0.3 is 5.11 Å². The second kappa shape index (κ2) is 4.89. The third kappa shape index (κ3) is 2.07. The lowest BCUT2D eigenvalue weighted by atomic mass is 10.0. The lowest BCUT2D eigenvalue weighted by molar-refractivity contribution is 0.0698. The molecule has 0 aliphatic rings. The molecule has 0 aliphatic carbocycles. The Kier molecular flexibility index (Phi) is 3.20. The van der Waals surface area contributed by atoms with Gasteiger partial charge in [0, 0.05) is 10.4 Å². The fourth-order valence-electron chi connectivity index (χ4n) is 2.26. The van der Waals surface area contributed by atoms with Crippen LogP contribution in [0.25, 0.3) is 21.5 Å². The van der Waals surface area contributed by atoms with Crippen LogP contribution >= 0.6 is 22.9 Å². The van der Waals surface area contributed by atoms with E-state index in [1.54, 1.807) is 36.5 Å². The van der Waals surface area contributed by atoms with Crippen molar-refractivity contribution in [2.24, 2.45) is 0 Å². The number of thiophene rings is 1. The molecule has 2 aromatic heterocycles. The van der Waals surface area contributed by atoms with Crippen LogP contribution in [0, 0.1) is 6.92 Å². The highest BCUT2D eigenvalue weighted by Gasteiger charge is 2.18. The zero-order valence-electron chi connectivity index (χ0n) is 10.6. The number of nitrogens with zero attached hydrogens (tertiary/aromatic N) is 1. The third-order valence-electron chi connectivity index (χ3n) is 3.16. The van der Waals surface area contributed by atoms with E-state index in [-0.39, 0.29) is 5.56 Å². The first-order valence-corrected chi connectivity index (χ1v) is 7.20. The van der Waals surface area contributed by atoms with Gasteiger partial charge in [-0.25, -0.2) is 9.78 Å². The lowest BCUT2D eigenvalue weighted by Gasteiger charge is -2.11. The Balaban J connectivity index is 2.43. The van der Waals surface area contributed by atoms with Crippen LogP contribution < -0.4 is 0 Å². The molecule has 0 aliphatic heterocycles. The highest BCUT2D eigenvalue weighted by molar-refractivity contribution is 7.13. The van der Waals surface area contributed by atoms with E-state index >= 15 is 0 Å². The van der Waals surface area contributed by atoms with Crippen molar-refractivity contribution in [3.8, 4) is 10.6 Å². The van der Waals surface area contributed by atoms with Gasteiger partial charge in [0.2, 0.25) is 0 Å². The van der Waals surface area contributed by atoms with Gasteiger partial charge in [-0.1, -0.05) is 17.7 Å². The van der Waals surface area contributed by atoms with E-state index in [0.29, 0.717) is 27.2 Å². The number of benzene rings is 1. The van der Waals surface area contributed by atoms with Gasteiger partial charge in [-0.05, 0) is 42.1 Å². The summed E-state index contributed by atoms with van der Waals surface area (Å²) >= 11 is 7.51. The molecule has 3 nitrogen and oxygen atoms in total. The molecule has 0 fully saturated rings. The summed E-state index contributed by atoms with van der Waals surface area (Å²) in [5.41, 5.74) is 2.28. The molecule has 0 radical (unpaired) electrons. The number of carboxylic acids is 1. The molecule has 0 amide bonds. The second-order valence-corrected chi connectivity index (χ2v) is 5.79. The van der Waals surface area contributed by atoms with Gasteiger partial charge in [0.1, 0.15) is 0 Å². The first kappa shape index (κ1) is 13.1. The van der Waals surface area contributed by atoms with Crippen LogP contribution in [0.4, 0.5) is 0 Å². The Labute approximate surface area is 124 Å². The number of fused-ring (bicyclic) bond motifs is 1. The highest BCUT2D eigenvalue weighted by Crippen LogP contribution is 2.33. The van der Waals surface area contributed by atoms with E-state index < -0.39 is 5.97 Å². The van der Waals surface area contributed by atoms with Gasteiger partial charge in [-0.3, -0.25) is 0 Å². The molecule has 5 heteroatoms. The molecule has 1 N–H and O–H groups in total. The lowest BCUT2D eigenvalue weighted by Crippen LogP contribution is -2.04. The molecule has 3 aromatic rings.